The van der Waals surface area contributed by atoms with Gasteiger partial charge in [0, 0.05) is 16.1 Å². The molecule has 0 atom stereocenters. The van der Waals surface area contributed by atoms with Gasteiger partial charge in [-0.05, 0) is 37.1 Å². The molecule has 16 heavy (non-hydrogen) atoms. The minimum absolute atomic E-state index is 0.701. The van der Waals surface area contributed by atoms with Crippen LogP contribution in [0.1, 0.15) is 18.2 Å². The van der Waals surface area contributed by atoms with Gasteiger partial charge in [-0.2, -0.15) is 0 Å². The number of hydrogen-bond acceptors (Lipinski definition) is 3. The Morgan fingerprint density at radius 2 is 2.12 bits per heavy atom. The van der Waals surface area contributed by atoms with E-state index in [0.29, 0.717) is 5.02 Å². The number of aromatic nitrogens is 1. The fourth-order valence-electron chi connectivity index (χ4n) is 1.81. The zero-order valence-electron chi connectivity index (χ0n) is 9.34. The lowest BCUT2D eigenvalue weighted by atomic mass is 10.1. The van der Waals surface area contributed by atoms with Crippen LogP contribution in [-0.4, -0.2) is 4.98 Å². The van der Waals surface area contributed by atoms with E-state index in [1.165, 1.54) is 0 Å². The van der Waals surface area contributed by atoms with Gasteiger partial charge in [0.25, 0.3) is 0 Å². The van der Waals surface area contributed by atoms with Crippen molar-refractivity contribution in [3.05, 3.63) is 34.5 Å². The van der Waals surface area contributed by atoms with E-state index in [-0.39, 0.29) is 0 Å². The van der Waals surface area contributed by atoms with Crippen LogP contribution in [0.3, 0.4) is 0 Å². The van der Waals surface area contributed by atoms with Crippen LogP contribution < -0.4 is 11.3 Å². The maximum absolute atomic E-state index is 6.03. The van der Waals surface area contributed by atoms with E-state index in [1.54, 1.807) is 0 Å². The normalized spacial score (nSPS) is 10.8. The third-order valence-corrected chi connectivity index (χ3v) is 2.86. The average Bonchev–Trinajstić information content (AvgIpc) is 2.28. The minimum Gasteiger partial charge on any atom is -0.323 e. The van der Waals surface area contributed by atoms with Gasteiger partial charge in [-0.1, -0.05) is 18.5 Å². The van der Waals surface area contributed by atoms with Crippen molar-refractivity contribution in [2.75, 3.05) is 5.43 Å². The van der Waals surface area contributed by atoms with Crippen molar-refractivity contribution in [2.24, 2.45) is 5.84 Å². The Bertz CT molecular complexity index is 537. The third-order valence-electron chi connectivity index (χ3n) is 2.64. The number of hydrazine groups is 1. The van der Waals surface area contributed by atoms with Gasteiger partial charge in [-0.15, -0.1) is 0 Å². The van der Waals surface area contributed by atoms with Crippen LogP contribution in [-0.2, 0) is 6.42 Å². The first kappa shape index (κ1) is 11.2. The first-order valence-electron chi connectivity index (χ1n) is 5.22. The Kier molecular flexibility index (Phi) is 2.99. The number of anilines is 1. The second-order valence-corrected chi connectivity index (χ2v) is 4.21. The molecule has 0 bridgehead atoms. The monoisotopic (exact) mass is 235 g/mol. The molecular weight excluding hydrogens is 222 g/mol. The van der Waals surface area contributed by atoms with E-state index in [1.807, 2.05) is 25.1 Å². The third kappa shape index (κ3) is 1.84. The Balaban J connectivity index is 2.83. The van der Waals surface area contributed by atoms with E-state index >= 15 is 0 Å². The number of pyridine rings is 1. The molecule has 3 nitrogen and oxygen atoms in total. The van der Waals surface area contributed by atoms with E-state index in [0.717, 1.165) is 34.3 Å². The molecule has 0 aliphatic heterocycles. The fourth-order valence-corrected chi connectivity index (χ4v) is 2.08. The number of nitrogens with zero attached hydrogens (tertiary/aromatic N) is 1. The largest absolute Gasteiger partial charge is 0.323 e. The highest BCUT2D eigenvalue weighted by Crippen LogP contribution is 2.28. The van der Waals surface area contributed by atoms with Crippen LogP contribution in [0.4, 0.5) is 5.69 Å². The number of hydrogen-bond donors (Lipinski definition) is 2. The Morgan fingerprint density at radius 1 is 1.38 bits per heavy atom. The predicted octanol–water partition coefficient (Wildman–Crippen LogP) is 3.04. The van der Waals surface area contributed by atoms with Crippen molar-refractivity contribution in [3.63, 3.8) is 0 Å². The van der Waals surface area contributed by atoms with E-state index < -0.39 is 0 Å². The number of fused-ring (bicyclic) bond motifs is 1. The zero-order valence-corrected chi connectivity index (χ0v) is 10.1. The number of nitrogen functional groups attached to an aromatic ring is 1. The number of rotatable bonds is 2. The summed E-state index contributed by atoms with van der Waals surface area (Å²) in [5.74, 6) is 5.52. The Morgan fingerprint density at radius 3 is 2.75 bits per heavy atom. The molecular formula is C12H14ClN3. The summed E-state index contributed by atoms with van der Waals surface area (Å²) in [4.78, 5) is 4.59. The maximum Gasteiger partial charge on any atom is 0.0756 e. The summed E-state index contributed by atoms with van der Waals surface area (Å²) in [7, 11) is 0. The first-order valence-corrected chi connectivity index (χ1v) is 5.60. The van der Waals surface area contributed by atoms with Gasteiger partial charge in [0.1, 0.15) is 0 Å². The standard InChI is InChI=1S/C12H14ClN3/c1-3-9-6-11(16-14)10-5-8(13)4-7(2)12(10)15-9/h4-6H,3,14H2,1-2H3,(H,15,16). The minimum atomic E-state index is 0.701. The van der Waals surface area contributed by atoms with E-state index in [4.69, 9.17) is 17.4 Å². The fraction of sp³-hybridized carbons (Fsp3) is 0.250. The summed E-state index contributed by atoms with van der Waals surface area (Å²) in [6, 6.07) is 5.75. The molecule has 0 unspecified atom stereocenters. The molecule has 0 aliphatic carbocycles. The second-order valence-electron chi connectivity index (χ2n) is 3.78. The molecule has 1 aromatic carbocycles. The molecule has 3 N–H and O–H groups in total. The number of nitrogens with one attached hydrogen (secondary N) is 1. The molecule has 0 amide bonds. The van der Waals surface area contributed by atoms with Gasteiger partial charge in [-0.3, -0.25) is 10.8 Å². The van der Waals surface area contributed by atoms with Crippen LogP contribution >= 0.6 is 11.6 Å². The van der Waals surface area contributed by atoms with Crippen molar-refractivity contribution in [1.82, 2.24) is 4.98 Å². The summed E-state index contributed by atoms with van der Waals surface area (Å²) >= 11 is 6.03. The topological polar surface area (TPSA) is 50.9 Å². The highest BCUT2D eigenvalue weighted by Gasteiger charge is 2.07. The molecule has 0 spiro atoms. The Hall–Kier alpha value is -1.32. The lowest BCUT2D eigenvalue weighted by molar-refractivity contribution is 1.05. The molecule has 0 fully saturated rings. The zero-order chi connectivity index (χ0) is 11.7. The summed E-state index contributed by atoms with van der Waals surface area (Å²) in [6.45, 7) is 4.07. The van der Waals surface area contributed by atoms with Crippen molar-refractivity contribution in [3.8, 4) is 0 Å². The highest BCUT2D eigenvalue weighted by molar-refractivity contribution is 6.31. The van der Waals surface area contributed by atoms with Gasteiger partial charge in [0.2, 0.25) is 0 Å². The molecule has 4 heteroatoms. The van der Waals surface area contributed by atoms with Crippen LogP contribution in [0.25, 0.3) is 10.9 Å². The second kappa shape index (κ2) is 4.28. The molecule has 84 valence electrons. The highest BCUT2D eigenvalue weighted by atomic mass is 35.5. The number of benzene rings is 1. The molecule has 0 saturated heterocycles. The Labute approximate surface area is 99.6 Å². The molecule has 1 heterocycles. The molecule has 1 aromatic heterocycles. The SMILES string of the molecule is CCc1cc(NN)c2cc(Cl)cc(C)c2n1. The lowest BCUT2D eigenvalue weighted by Crippen LogP contribution is -2.08. The van der Waals surface area contributed by atoms with Gasteiger partial charge in [-0.25, -0.2) is 0 Å². The summed E-state index contributed by atoms with van der Waals surface area (Å²) < 4.78 is 0. The molecule has 0 aliphatic rings. The number of aryl methyl sites for hydroxylation is 2. The number of nitrogens with two attached hydrogens (primary N) is 1. The smallest absolute Gasteiger partial charge is 0.0756 e. The first-order chi connectivity index (χ1) is 7.65. The molecule has 2 rings (SSSR count). The van der Waals surface area contributed by atoms with E-state index in [9.17, 15) is 0 Å². The molecule has 0 radical (unpaired) electrons. The lowest BCUT2D eigenvalue weighted by Gasteiger charge is -2.10. The van der Waals surface area contributed by atoms with E-state index in [2.05, 4.69) is 17.3 Å². The molecule has 0 saturated carbocycles. The van der Waals surface area contributed by atoms with Crippen molar-refractivity contribution < 1.29 is 0 Å². The summed E-state index contributed by atoms with van der Waals surface area (Å²) in [6.07, 6.45) is 0.882. The van der Waals surface area contributed by atoms with Crippen molar-refractivity contribution in [1.29, 1.82) is 0 Å². The van der Waals surface area contributed by atoms with Crippen LogP contribution in [0.2, 0.25) is 5.02 Å². The van der Waals surface area contributed by atoms with Crippen molar-refractivity contribution >= 4 is 28.2 Å². The average molecular weight is 236 g/mol. The van der Waals surface area contributed by atoms with Crippen LogP contribution in [0.15, 0.2) is 18.2 Å². The van der Waals surface area contributed by atoms with Gasteiger partial charge in [0.15, 0.2) is 0 Å². The summed E-state index contributed by atoms with van der Waals surface area (Å²) in [5, 5.41) is 1.66. The van der Waals surface area contributed by atoms with Crippen LogP contribution in [0.5, 0.6) is 0 Å². The van der Waals surface area contributed by atoms with Gasteiger partial charge < -0.3 is 5.43 Å². The van der Waals surface area contributed by atoms with Gasteiger partial charge in [0.05, 0.1) is 11.2 Å². The molecule has 2 aromatic rings. The quantitative estimate of drug-likeness (QED) is 0.621. The van der Waals surface area contributed by atoms with Crippen LogP contribution in [0, 0.1) is 6.92 Å². The van der Waals surface area contributed by atoms with Crippen molar-refractivity contribution in [2.45, 2.75) is 20.3 Å². The van der Waals surface area contributed by atoms with Gasteiger partial charge >= 0.3 is 0 Å². The number of halogens is 1. The summed E-state index contributed by atoms with van der Waals surface area (Å²) in [5.41, 5.74) is 6.61. The predicted molar refractivity (Wildman–Crippen MR) is 68.7 cm³/mol. The maximum atomic E-state index is 6.03.